The average molecular weight is 164 g/mol. The molecule has 0 bridgehead atoms. The highest BCUT2D eigenvalue weighted by atomic mass is 16.1. The molecule has 2 rings (SSSR count). The lowest BCUT2D eigenvalue weighted by atomic mass is 10.1. The van der Waals surface area contributed by atoms with Crippen LogP contribution in [0.2, 0.25) is 0 Å². The first kappa shape index (κ1) is 7.53. The molecule has 3 heteroatoms. The van der Waals surface area contributed by atoms with Gasteiger partial charge in [-0.2, -0.15) is 5.10 Å². The van der Waals surface area contributed by atoms with Crippen molar-refractivity contribution in [2.24, 2.45) is 5.92 Å². The van der Waals surface area contributed by atoms with Gasteiger partial charge in [0.1, 0.15) is 5.78 Å². The largest absolute Gasteiger partial charge is 0.299 e. The Balaban J connectivity index is 2.21. The fourth-order valence-corrected chi connectivity index (χ4v) is 1.82. The lowest BCUT2D eigenvalue weighted by Gasteiger charge is -2.13. The van der Waals surface area contributed by atoms with Crippen LogP contribution >= 0.6 is 0 Å². The highest BCUT2D eigenvalue weighted by molar-refractivity contribution is 5.83. The number of carbonyl (C=O) groups is 1. The molecule has 0 aliphatic heterocycles. The molecular formula is C9H12N2O. The minimum Gasteiger partial charge on any atom is -0.299 e. The number of hydrogen-bond acceptors (Lipinski definition) is 2. The summed E-state index contributed by atoms with van der Waals surface area (Å²) in [6.45, 7) is 1.99. The van der Waals surface area contributed by atoms with Crippen molar-refractivity contribution in [3.63, 3.8) is 0 Å². The van der Waals surface area contributed by atoms with Crippen molar-refractivity contribution < 1.29 is 4.79 Å². The number of aromatic nitrogens is 2. The molecule has 2 unspecified atom stereocenters. The lowest BCUT2D eigenvalue weighted by molar-refractivity contribution is -0.120. The van der Waals surface area contributed by atoms with Crippen LogP contribution in [0.1, 0.15) is 25.8 Å². The number of hydrogen-bond donors (Lipinski definition) is 0. The second kappa shape index (κ2) is 2.73. The number of Topliss-reactive ketones (excluding diaryl/α,β-unsaturated/α-hetero) is 1. The standard InChI is InChI=1S/C9H12N2O/c1-7-8(3-4-9(7)12)11-6-2-5-10-11/h2,5-8H,3-4H2,1H3. The molecule has 64 valence electrons. The van der Waals surface area contributed by atoms with Crippen LogP contribution in [-0.2, 0) is 4.79 Å². The van der Waals surface area contributed by atoms with Gasteiger partial charge in [0.15, 0.2) is 0 Å². The van der Waals surface area contributed by atoms with Gasteiger partial charge in [0, 0.05) is 24.7 Å². The Hall–Kier alpha value is -1.12. The molecule has 0 spiro atoms. The second-order valence-electron chi connectivity index (χ2n) is 3.35. The monoisotopic (exact) mass is 164 g/mol. The molecule has 1 fully saturated rings. The van der Waals surface area contributed by atoms with Gasteiger partial charge in [-0.25, -0.2) is 0 Å². The van der Waals surface area contributed by atoms with Gasteiger partial charge in [-0.3, -0.25) is 9.48 Å². The van der Waals surface area contributed by atoms with Crippen LogP contribution in [0.4, 0.5) is 0 Å². The highest BCUT2D eigenvalue weighted by Gasteiger charge is 2.32. The normalized spacial score (nSPS) is 29.6. The summed E-state index contributed by atoms with van der Waals surface area (Å²) < 4.78 is 1.90. The molecule has 1 aromatic heterocycles. The molecule has 12 heavy (non-hydrogen) atoms. The Morgan fingerprint density at radius 2 is 2.50 bits per heavy atom. The smallest absolute Gasteiger partial charge is 0.137 e. The van der Waals surface area contributed by atoms with E-state index in [0.717, 1.165) is 6.42 Å². The molecule has 0 amide bonds. The third kappa shape index (κ3) is 1.05. The van der Waals surface area contributed by atoms with Crippen molar-refractivity contribution >= 4 is 5.78 Å². The zero-order valence-electron chi connectivity index (χ0n) is 7.10. The molecule has 0 aromatic carbocycles. The van der Waals surface area contributed by atoms with E-state index in [4.69, 9.17) is 0 Å². The Bertz CT molecular complexity index is 279. The number of nitrogens with zero attached hydrogens (tertiary/aromatic N) is 2. The maximum atomic E-state index is 11.2. The summed E-state index contributed by atoms with van der Waals surface area (Å²) in [5, 5.41) is 4.15. The van der Waals surface area contributed by atoms with E-state index in [2.05, 4.69) is 5.10 Å². The van der Waals surface area contributed by atoms with Crippen LogP contribution in [0.15, 0.2) is 18.5 Å². The van der Waals surface area contributed by atoms with E-state index in [1.807, 2.05) is 23.9 Å². The first-order chi connectivity index (χ1) is 5.79. The molecule has 3 nitrogen and oxygen atoms in total. The maximum absolute atomic E-state index is 11.2. The van der Waals surface area contributed by atoms with Gasteiger partial charge in [-0.05, 0) is 12.5 Å². The summed E-state index contributed by atoms with van der Waals surface area (Å²) in [6, 6.07) is 2.20. The third-order valence-electron chi connectivity index (χ3n) is 2.64. The van der Waals surface area contributed by atoms with Gasteiger partial charge in [0.25, 0.3) is 0 Å². The minimum absolute atomic E-state index is 0.143. The zero-order chi connectivity index (χ0) is 8.55. The van der Waals surface area contributed by atoms with Gasteiger partial charge in [-0.1, -0.05) is 6.92 Å². The Morgan fingerprint density at radius 1 is 1.67 bits per heavy atom. The highest BCUT2D eigenvalue weighted by Crippen LogP contribution is 2.31. The summed E-state index contributed by atoms with van der Waals surface area (Å²) in [5.74, 6) is 0.514. The van der Waals surface area contributed by atoms with Gasteiger partial charge >= 0.3 is 0 Å². The predicted octanol–water partition coefficient (Wildman–Crippen LogP) is 1.42. The van der Waals surface area contributed by atoms with E-state index in [-0.39, 0.29) is 5.92 Å². The van der Waals surface area contributed by atoms with E-state index in [9.17, 15) is 4.79 Å². The summed E-state index contributed by atoms with van der Waals surface area (Å²) >= 11 is 0. The number of rotatable bonds is 1. The van der Waals surface area contributed by atoms with E-state index in [0.29, 0.717) is 18.2 Å². The van der Waals surface area contributed by atoms with Crippen LogP contribution in [0.5, 0.6) is 0 Å². The molecular weight excluding hydrogens is 152 g/mol. The van der Waals surface area contributed by atoms with Crippen LogP contribution < -0.4 is 0 Å². The SMILES string of the molecule is CC1C(=O)CCC1n1cccn1. The van der Waals surface area contributed by atoms with Crippen molar-refractivity contribution in [3.05, 3.63) is 18.5 Å². The van der Waals surface area contributed by atoms with Gasteiger partial charge in [-0.15, -0.1) is 0 Å². The topological polar surface area (TPSA) is 34.9 Å². The molecule has 2 atom stereocenters. The van der Waals surface area contributed by atoms with Crippen molar-refractivity contribution in [2.45, 2.75) is 25.8 Å². The molecule has 0 N–H and O–H groups in total. The minimum atomic E-state index is 0.143. The Kier molecular flexibility index (Phi) is 1.71. The fraction of sp³-hybridized carbons (Fsp3) is 0.556. The molecule has 1 aromatic rings. The summed E-state index contributed by atoms with van der Waals surface area (Å²) in [7, 11) is 0. The van der Waals surface area contributed by atoms with Crippen molar-refractivity contribution in [1.29, 1.82) is 0 Å². The van der Waals surface area contributed by atoms with Crippen molar-refractivity contribution in [2.75, 3.05) is 0 Å². The zero-order valence-corrected chi connectivity index (χ0v) is 7.10. The summed E-state index contributed by atoms with van der Waals surface area (Å²) in [6.07, 6.45) is 5.35. The number of carbonyl (C=O) groups excluding carboxylic acids is 1. The fourth-order valence-electron chi connectivity index (χ4n) is 1.82. The van der Waals surface area contributed by atoms with Crippen LogP contribution in [0.3, 0.4) is 0 Å². The first-order valence-electron chi connectivity index (χ1n) is 4.31. The lowest BCUT2D eigenvalue weighted by Crippen LogP contribution is -2.15. The molecule has 1 aliphatic rings. The summed E-state index contributed by atoms with van der Waals surface area (Å²) in [5.41, 5.74) is 0. The quantitative estimate of drug-likeness (QED) is 0.629. The molecule has 1 heterocycles. The van der Waals surface area contributed by atoms with Gasteiger partial charge < -0.3 is 0 Å². The third-order valence-corrected chi connectivity index (χ3v) is 2.64. The Labute approximate surface area is 71.4 Å². The molecule has 1 aliphatic carbocycles. The van der Waals surface area contributed by atoms with Crippen LogP contribution in [0, 0.1) is 5.92 Å². The van der Waals surface area contributed by atoms with Gasteiger partial charge in [0.2, 0.25) is 0 Å². The van der Waals surface area contributed by atoms with E-state index in [1.165, 1.54) is 0 Å². The predicted molar refractivity (Wildman–Crippen MR) is 44.7 cm³/mol. The van der Waals surface area contributed by atoms with Crippen molar-refractivity contribution in [3.8, 4) is 0 Å². The van der Waals surface area contributed by atoms with E-state index in [1.54, 1.807) is 6.20 Å². The molecule has 1 saturated carbocycles. The molecule has 0 radical (unpaired) electrons. The van der Waals surface area contributed by atoms with Crippen molar-refractivity contribution in [1.82, 2.24) is 9.78 Å². The van der Waals surface area contributed by atoms with E-state index >= 15 is 0 Å². The Morgan fingerprint density at radius 3 is 3.00 bits per heavy atom. The van der Waals surface area contributed by atoms with E-state index < -0.39 is 0 Å². The second-order valence-corrected chi connectivity index (χ2v) is 3.35. The van der Waals surface area contributed by atoms with Crippen LogP contribution in [-0.4, -0.2) is 15.6 Å². The molecule has 0 saturated heterocycles. The average Bonchev–Trinajstić information content (AvgIpc) is 2.64. The maximum Gasteiger partial charge on any atom is 0.137 e. The number of ketones is 1. The first-order valence-corrected chi connectivity index (χ1v) is 4.31. The van der Waals surface area contributed by atoms with Crippen LogP contribution in [0.25, 0.3) is 0 Å². The summed E-state index contributed by atoms with van der Waals surface area (Å²) in [4.78, 5) is 11.2. The van der Waals surface area contributed by atoms with Gasteiger partial charge in [0.05, 0.1) is 6.04 Å².